The Labute approximate surface area is 181 Å². The lowest BCUT2D eigenvalue weighted by atomic mass is 10.0. The van der Waals surface area contributed by atoms with Crippen molar-refractivity contribution in [1.82, 2.24) is 0 Å². The van der Waals surface area contributed by atoms with Gasteiger partial charge >= 0.3 is 0 Å². The Hall–Kier alpha value is -2.45. The van der Waals surface area contributed by atoms with E-state index in [1.54, 1.807) is 56.3 Å². The number of benzene rings is 2. The molecule has 2 atom stereocenters. The standard InChI is InChI=1S/C20H23ClN4O4S/c1-3-28-20(2,14-23-24-22)29-16-9-10-18-15(12-21)13-25(19(18)11-16)30(26,27)17-7-5-4-6-8-17/h4-11,15H,3,12-14H2,1-2H3. The molecule has 1 heterocycles. The number of nitrogens with zero attached hydrogens (tertiary/aromatic N) is 4. The van der Waals surface area contributed by atoms with Crippen LogP contribution in [0.25, 0.3) is 10.4 Å². The molecule has 2 unspecified atom stereocenters. The van der Waals surface area contributed by atoms with E-state index in [1.165, 1.54) is 4.31 Å². The second-order valence-corrected chi connectivity index (χ2v) is 9.15. The summed E-state index contributed by atoms with van der Waals surface area (Å²) < 4.78 is 39.5. The Balaban J connectivity index is 2.00. The highest BCUT2D eigenvalue weighted by Crippen LogP contribution is 2.42. The summed E-state index contributed by atoms with van der Waals surface area (Å²) in [5.74, 6) is -0.610. The molecule has 0 aromatic heterocycles. The Kier molecular flexibility index (Phi) is 6.77. The molecule has 3 rings (SSSR count). The van der Waals surface area contributed by atoms with Gasteiger partial charge in [-0.05, 0) is 36.2 Å². The fourth-order valence-electron chi connectivity index (χ4n) is 3.45. The third-order valence-electron chi connectivity index (χ3n) is 4.82. The first kappa shape index (κ1) is 22.2. The fraction of sp³-hybridized carbons (Fsp3) is 0.400. The summed E-state index contributed by atoms with van der Waals surface area (Å²) in [5.41, 5.74) is 10.00. The highest BCUT2D eigenvalue weighted by molar-refractivity contribution is 7.92. The van der Waals surface area contributed by atoms with E-state index in [2.05, 4.69) is 10.0 Å². The Morgan fingerprint density at radius 3 is 2.67 bits per heavy atom. The van der Waals surface area contributed by atoms with Crippen LogP contribution in [0.15, 0.2) is 58.5 Å². The summed E-state index contributed by atoms with van der Waals surface area (Å²) in [6.45, 7) is 4.04. The van der Waals surface area contributed by atoms with Crippen molar-refractivity contribution in [2.24, 2.45) is 5.11 Å². The van der Waals surface area contributed by atoms with Crippen LogP contribution < -0.4 is 9.04 Å². The van der Waals surface area contributed by atoms with Crippen molar-refractivity contribution in [2.75, 3.05) is 29.9 Å². The van der Waals surface area contributed by atoms with Crippen LogP contribution in [0.1, 0.15) is 25.3 Å². The Bertz CT molecular complexity index is 1040. The highest BCUT2D eigenvalue weighted by atomic mass is 35.5. The van der Waals surface area contributed by atoms with Gasteiger partial charge in [0.05, 0.1) is 17.1 Å². The molecule has 30 heavy (non-hydrogen) atoms. The molecule has 0 radical (unpaired) electrons. The number of ether oxygens (including phenoxy) is 2. The van der Waals surface area contributed by atoms with Crippen molar-refractivity contribution >= 4 is 27.3 Å². The van der Waals surface area contributed by atoms with Crippen molar-refractivity contribution in [3.63, 3.8) is 0 Å². The smallest absolute Gasteiger partial charge is 0.264 e. The quantitative estimate of drug-likeness (QED) is 0.182. The lowest BCUT2D eigenvalue weighted by Gasteiger charge is -2.29. The van der Waals surface area contributed by atoms with Gasteiger partial charge in [0.15, 0.2) is 0 Å². The van der Waals surface area contributed by atoms with Gasteiger partial charge in [-0.2, -0.15) is 0 Å². The molecule has 0 saturated carbocycles. The molecule has 0 saturated heterocycles. The summed E-state index contributed by atoms with van der Waals surface area (Å²) in [5, 5.41) is 3.56. The topological polar surface area (TPSA) is 105 Å². The predicted molar refractivity (Wildman–Crippen MR) is 116 cm³/mol. The van der Waals surface area contributed by atoms with Crippen LogP contribution in [0.5, 0.6) is 5.75 Å². The lowest BCUT2D eigenvalue weighted by molar-refractivity contribution is -0.158. The molecule has 0 fully saturated rings. The fourth-order valence-corrected chi connectivity index (χ4v) is 5.26. The molecule has 160 valence electrons. The van der Waals surface area contributed by atoms with Gasteiger partial charge in [0.25, 0.3) is 10.0 Å². The Morgan fingerprint density at radius 1 is 1.30 bits per heavy atom. The number of hydrogen-bond acceptors (Lipinski definition) is 5. The van der Waals surface area contributed by atoms with Crippen molar-refractivity contribution in [3.8, 4) is 5.75 Å². The molecule has 8 nitrogen and oxygen atoms in total. The summed E-state index contributed by atoms with van der Waals surface area (Å²) in [4.78, 5) is 2.97. The largest absolute Gasteiger partial charge is 0.462 e. The van der Waals surface area contributed by atoms with Crippen molar-refractivity contribution < 1.29 is 17.9 Å². The van der Waals surface area contributed by atoms with Crippen molar-refractivity contribution in [3.05, 3.63) is 64.5 Å². The number of azide groups is 1. The van der Waals surface area contributed by atoms with E-state index in [0.29, 0.717) is 23.9 Å². The van der Waals surface area contributed by atoms with Gasteiger partial charge in [0, 0.05) is 42.9 Å². The number of sulfonamides is 1. The maximum Gasteiger partial charge on any atom is 0.264 e. The van der Waals surface area contributed by atoms with E-state index in [-0.39, 0.29) is 23.9 Å². The number of rotatable bonds is 9. The molecule has 2 aromatic carbocycles. The van der Waals surface area contributed by atoms with Crippen LogP contribution in [-0.4, -0.2) is 39.8 Å². The van der Waals surface area contributed by atoms with Gasteiger partial charge in [-0.3, -0.25) is 4.31 Å². The first-order valence-electron chi connectivity index (χ1n) is 9.46. The van der Waals surface area contributed by atoms with E-state index >= 15 is 0 Å². The molecule has 1 aliphatic rings. The minimum atomic E-state index is -3.76. The molecule has 1 aliphatic heterocycles. The van der Waals surface area contributed by atoms with E-state index in [4.69, 9.17) is 26.6 Å². The van der Waals surface area contributed by atoms with Gasteiger partial charge in [0.2, 0.25) is 5.79 Å². The second-order valence-electron chi connectivity index (χ2n) is 6.98. The number of alkyl halides is 1. The zero-order valence-electron chi connectivity index (χ0n) is 16.7. The normalized spacial score (nSPS) is 17.7. The molecule has 2 aromatic rings. The molecule has 0 N–H and O–H groups in total. The van der Waals surface area contributed by atoms with Crippen LogP contribution in [0.4, 0.5) is 5.69 Å². The zero-order valence-corrected chi connectivity index (χ0v) is 18.3. The van der Waals surface area contributed by atoms with E-state index in [9.17, 15) is 8.42 Å². The maximum atomic E-state index is 13.3. The predicted octanol–water partition coefficient (Wildman–Crippen LogP) is 4.66. The van der Waals surface area contributed by atoms with Crippen LogP contribution >= 0.6 is 11.6 Å². The van der Waals surface area contributed by atoms with Crippen LogP contribution in [-0.2, 0) is 14.8 Å². The Morgan fingerprint density at radius 2 is 2.03 bits per heavy atom. The van der Waals surface area contributed by atoms with Crippen LogP contribution in [0.2, 0.25) is 0 Å². The molecular formula is C20H23ClN4O4S. The zero-order chi connectivity index (χ0) is 21.8. The molecule has 0 bridgehead atoms. The molecule has 0 aliphatic carbocycles. The number of halogens is 1. The second kappa shape index (κ2) is 9.14. The van der Waals surface area contributed by atoms with Gasteiger partial charge in [-0.25, -0.2) is 8.42 Å². The minimum absolute atomic E-state index is 0.0369. The maximum absolute atomic E-state index is 13.3. The SMILES string of the molecule is CCOC(C)(CN=[N+]=[N-])Oc1ccc2c(c1)N(S(=O)(=O)c1ccccc1)CC2CCl. The van der Waals surface area contributed by atoms with Crippen molar-refractivity contribution in [2.45, 2.75) is 30.4 Å². The first-order chi connectivity index (χ1) is 14.3. The molecular weight excluding hydrogens is 428 g/mol. The van der Waals surface area contributed by atoms with E-state index in [0.717, 1.165) is 5.56 Å². The summed E-state index contributed by atoms with van der Waals surface area (Å²) in [6.07, 6.45) is 0. The monoisotopic (exact) mass is 450 g/mol. The molecule has 10 heteroatoms. The minimum Gasteiger partial charge on any atom is -0.462 e. The molecule has 0 spiro atoms. The van der Waals surface area contributed by atoms with Crippen LogP contribution in [0, 0.1) is 0 Å². The first-order valence-corrected chi connectivity index (χ1v) is 11.4. The van der Waals surface area contributed by atoms with Gasteiger partial charge in [0.1, 0.15) is 5.75 Å². The third kappa shape index (κ3) is 4.49. The summed E-state index contributed by atoms with van der Waals surface area (Å²) >= 11 is 6.12. The summed E-state index contributed by atoms with van der Waals surface area (Å²) in [7, 11) is -3.76. The lowest BCUT2D eigenvalue weighted by Crippen LogP contribution is -2.39. The summed E-state index contributed by atoms with van der Waals surface area (Å²) in [6, 6.07) is 13.5. The highest BCUT2D eigenvalue weighted by Gasteiger charge is 2.37. The van der Waals surface area contributed by atoms with E-state index in [1.807, 2.05) is 6.07 Å². The average Bonchev–Trinajstić information content (AvgIpc) is 3.12. The van der Waals surface area contributed by atoms with Crippen molar-refractivity contribution in [1.29, 1.82) is 0 Å². The van der Waals surface area contributed by atoms with E-state index < -0.39 is 15.8 Å². The number of anilines is 1. The van der Waals surface area contributed by atoms with Gasteiger partial charge in [-0.1, -0.05) is 29.4 Å². The van der Waals surface area contributed by atoms with Crippen LogP contribution in [0.3, 0.4) is 0 Å². The average molecular weight is 451 g/mol. The van der Waals surface area contributed by atoms with Gasteiger partial charge in [-0.15, -0.1) is 11.6 Å². The number of fused-ring (bicyclic) bond motifs is 1. The van der Waals surface area contributed by atoms with Gasteiger partial charge < -0.3 is 9.47 Å². The molecule has 0 amide bonds. The third-order valence-corrected chi connectivity index (χ3v) is 6.99. The number of hydrogen-bond donors (Lipinski definition) is 0.